The van der Waals surface area contributed by atoms with Gasteiger partial charge in [0.25, 0.3) is 0 Å². The maximum atomic E-state index is 12.2. The standard InChI is InChI=1S/C30H42N6O3/c1-21-32-25-13-6-5-12-24(25)28(33-21)35-26(29(37)38)16-19-36(20-30(2,3)39-4)18-8-7-11-23-15-14-22-10-9-17-31-27(22)34-23/h5-6,12-15,26H,7-11,16-20H2,1-4H3,(H,31,34)(H,37,38)(H,32,33,35). The van der Waals surface area contributed by atoms with Crippen LogP contribution in [0.5, 0.6) is 0 Å². The van der Waals surface area contributed by atoms with Gasteiger partial charge in [-0.3, -0.25) is 0 Å². The van der Waals surface area contributed by atoms with Crippen molar-refractivity contribution in [1.29, 1.82) is 0 Å². The van der Waals surface area contributed by atoms with Crippen molar-refractivity contribution < 1.29 is 14.6 Å². The number of benzene rings is 1. The summed E-state index contributed by atoms with van der Waals surface area (Å²) < 4.78 is 5.70. The largest absolute Gasteiger partial charge is 0.480 e. The molecule has 3 N–H and O–H groups in total. The molecular weight excluding hydrogens is 492 g/mol. The Bertz CT molecular complexity index is 1260. The fourth-order valence-corrected chi connectivity index (χ4v) is 5.06. The molecule has 0 amide bonds. The van der Waals surface area contributed by atoms with E-state index in [0.717, 1.165) is 67.6 Å². The van der Waals surface area contributed by atoms with Crippen LogP contribution in [0.15, 0.2) is 36.4 Å². The van der Waals surface area contributed by atoms with Crippen LogP contribution in [0, 0.1) is 6.92 Å². The van der Waals surface area contributed by atoms with E-state index >= 15 is 0 Å². The normalized spacial score (nSPS) is 14.2. The summed E-state index contributed by atoms with van der Waals surface area (Å²) >= 11 is 0. The lowest BCUT2D eigenvalue weighted by atomic mass is 10.1. The van der Waals surface area contributed by atoms with Crippen molar-refractivity contribution in [3.63, 3.8) is 0 Å². The summed E-state index contributed by atoms with van der Waals surface area (Å²) in [6, 6.07) is 11.2. The van der Waals surface area contributed by atoms with E-state index in [1.54, 1.807) is 7.11 Å². The van der Waals surface area contributed by atoms with Gasteiger partial charge in [0.05, 0.1) is 11.1 Å². The van der Waals surface area contributed by atoms with E-state index in [1.165, 1.54) is 5.56 Å². The Labute approximate surface area is 231 Å². The molecule has 3 heterocycles. The first-order valence-corrected chi connectivity index (χ1v) is 14.0. The highest BCUT2D eigenvalue weighted by atomic mass is 16.5. The number of nitrogens with zero attached hydrogens (tertiary/aromatic N) is 4. The molecule has 9 heteroatoms. The van der Waals surface area contributed by atoms with Crippen molar-refractivity contribution >= 4 is 28.5 Å². The SMILES string of the molecule is COC(C)(C)CN(CCCCc1ccc2c(n1)NCCC2)CCC(Nc1nc(C)nc2ccccc12)C(=O)O. The van der Waals surface area contributed by atoms with Gasteiger partial charge in [-0.1, -0.05) is 18.2 Å². The molecular formula is C30H42N6O3. The Balaban J connectivity index is 1.36. The number of nitrogens with one attached hydrogen (secondary N) is 2. The zero-order valence-electron chi connectivity index (χ0n) is 23.7. The number of ether oxygens (including phenoxy) is 1. The number of aryl methyl sites for hydroxylation is 3. The van der Waals surface area contributed by atoms with Crippen LogP contribution in [-0.4, -0.2) is 75.9 Å². The van der Waals surface area contributed by atoms with Crippen LogP contribution < -0.4 is 10.6 Å². The van der Waals surface area contributed by atoms with Crippen LogP contribution in [0.25, 0.3) is 10.9 Å². The van der Waals surface area contributed by atoms with Crippen LogP contribution in [-0.2, 0) is 22.4 Å². The van der Waals surface area contributed by atoms with E-state index in [4.69, 9.17) is 9.72 Å². The monoisotopic (exact) mass is 534 g/mol. The third kappa shape index (κ3) is 8.10. The molecule has 1 atom stereocenters. The highest BCUT2D eigenvalue weighted by Crippen LogP contribution is 2.22. The molecule has 4 rings (SSSR count). The summed E-state index contributed by atoms with van der Waals surface area (Å²) in [5, 5.41) is 17.4. The van der Waals surface area contributed by atoms with E-state index in [-0.39, 0.29) is 5.60 Å². The van der Waals surface area contributed by atoms with Gasteiger partial charge >= 0.3 is 5.97 Å². The fraction of sp³-hybridized carbons (Fsp3) is 0.533. The molecule has 1 aromatic carbocycles. The third-order valence-corrected chi connectivity index (χ3v) is 7.32. The van der Waals surface area contributed by atoms with Gasteiger partial charge in [0.15, 0.2) is 0 Å². The first-order chi connectivity index (χ1) is 18.7. The van der Waals surface area contributed by atoms with Gasteiger partial charge < -0.3 is 25.4 Å². The van der Waals surface area contributed by atoms with Crippen LogP contribution in [0.1, 0.15) is 56.6 Å². The number of carboxylic acids is 1. The first kappa shape index (κ1) is 28.7. The van der Waals surface area contributed by atoms with Crippen molar-refractivity contribution in [3.05, 3.63) is 53.5 Å². The van der Waals surface area contributed by atoms with Crippen LogP contribution in [0.3, 0.4) is 0 Å². The lowest BCUT2D eigenvalue weighted by molar-refractivity contribution is -0.138. The van der Waals surface area contributed by atoms with E-state index < -0.39 is 12.0 Å². The van der Waals surface area contributed by atoms with Crippen molar-refractivity contribution in [1.82, 2.24) is 19.9 Å². The number of hydrogen-bond donors (Lipinski definition) is 3. The Morgan fingerprint density at radius 1 is 1.15 bits per heavy atom. The molecule has 0 radical (unpaired) electrons. The van der Waals surface area contributed by atoms with Gasteiger partial charge in [0.1, 0.15) is 23.5 Å². The summed E-state index contributed by atoms with van der Waals surface area (Å²) in [6.45, 7) is 9.13. The van der Waals surface area contributed by atoms with E-state index in [2.05, 4.69) is 51.5 Å². The van der Waals surface area contributed by atoms with Gasteiger partial charge in [-0.2, -0.15) is 0 Å². The number of para-hydroxylation sites is 1. The van der Waals surface area contributed by atoms with Crippen LogP contribution in [0.2, 0.25) is 0 Å². The maximum absolute atomic E-state index is 12.2. The molecule has 9 nitrogen and oxygen atoms in total. The molecule has 1 unspecified atom stereocenters. The zero-order chi connectivity index (χ0) is 27.8. The number of anilines is 2. The molecule has 0 fully saturated rings. The average molecular weight is 535 g/mol. The minimum atomic E-state index is -0.895. The molecule has 1 aliphatic heterocycles. The topological polar surface area (TPSA) is 113 Å². The lowest BCUT2D eigenvalue weighted by Gasteiger charge is -2.32. The van der Waals surface area contributed by atoms with Gasteiger partial charge in [0, 0.05) is 37.8 Å². The lowest BCUT2D eigenvalue weighted by Crippen LogP contribution is -2.43. The van der Waals surface area contributed by atoms with E-state index in [0.29, 0.717) is 31.2 Å². The second-order valence-electron chi connectivity index (χ2n) is 11.0. The van der Waals surface area contributed by atoms with Gasteiger partial charge in [-0.25, -0.2) is 19.7 Å². The minimum Gasteiger partial charge on any atom is -0.480 e. The van der Waals surface area contributed by atoms with Gasteiger partial charge in [-0.05, 0) is 89.6 Å². The Hall–Kier alpha value is -3.30. The molecule has 1 aliphatic rings. The number of pyridine rings is 1. The van der Waals surface area contributed by atoms with Crippen LogP contribution in [0.4, 0.5) is 11.6 Å². The highest BCUT2D eigenvalue weighted by molar-refractivity contribution is 5.90. The number of rotatable bonds is 14. The summed E-state index contributed by atoms with van der Waals surface area (Å²) in [5.41, 5.74) is 2.89. The Morgan fingerprint density at radius 2 is 1.97 bits per heavy atom. The molecule has 0 spiro atoms. The summed E-state index contributed by atoms with van der Waals surface area (Å²) in [7, 11) is 1.72. The highest BCUT2D eigenvalue weighted by Gasteiger charge is 2.24. The summed E-state index contributed by atoms with van der Waals surface area (Å²) in [5.74, 6) is 1.31. The second-order valence-corrected chi connectivity index (χ2v) is 11.0. The van der Waals surface area contributed by atoms with E-state index in [1.807, 2.05) is 31.2 Å². The number of carboxylic acid groups (broad SMARTS) is 1. The maximum Gasteiger partial charge on any atom is 0.326 e. The average Bonchev–Trinajstić information content (AvgIpc) is 2.92. The predicted molar refractivity (Wildman–Crippen MR) is 155 cm³/mol. The van der Waals surface area contributed by atoms with Gasteiger partial charge in [-0.15, -0.1) is 0 Å². The van der Waals surface area contributed by atoms with Crippen LogP contribution >= 0.6 is 0 Å². The third-order valence-electron chi connectivity index (χ3n) is 7.32. The van der Waals surface area contributed by atoms with Crippen molar-refractivity contribution in [3.8, 4) is 0 Å². The number of fused-ring (bicyclic) bond motifs is 2. The van der Waals surface area contributed by atoms with Crippen molar-refractivity contribution in [2.75, 3.05) is 43.9 Å². The molecule has 0 bridgehead atoms. The number of hydrogen-bond acceptors (Lipinski definition) is 8. The second kappa shape index (κ2) is 13.2. The number of aromatic nitrogens is 3. The Kier molecular flexibility index (Phi) is 9.69. The van der Waals surface area contributed by atoms with Gasteiger partial charge in [0.2, 0.25) is 0 Å². The molecule has 0 saturated carbocycles. The number of aliphatic carboxylic acids is 1. The molecule has 0 aliphatic carbocycles. The Morgan fingerprint density at radius 3 is 2.77 bits per heavy atom. The minimum absolute atomic E-state index is 0.335. The molecule has 0 saturated heterocycles. The first-order valence-electron chi connectivity index (χ1n) is 14.0. The number of carbonyl (C=O) groups is 1. The molecule has 3 aromatic rings. The van der Waals surface area contributed by atoms with Crippen molar-refractivity contribution in [2.45, 2.75) is 70.9 Å². The quantitative estimate of drug-likeness (QED) is 0.253. The zero-order valence-corrected chi connectivity index (χ0v) is 23.7. The predicted octanol–water partition coefficient (Wildman–Crippen LogP) is 4.70. The van der Waals surface area contributed by atoms with E-state index in [9.17, 15) is 9.90 Å². The van der Waals surface area contributed by atoms with Crippen molar-refractivity contribution in [2.24, 2.45) is 0 Å². The molecule has 2 aromatic heterocycles. The summed E-state index contributed by atoms with van der Waals surface area (Å²) in [6.07, 6.45) is 5.63. The summed E-state index contributed by atoms with van der Waals surface area (Å²) in [4.78, 5) is 28.3. The molecule has 210 valence electrons. The smallest absolute Gasteiger partial charge is 0.326 e. The molecule has 39 heavy (non-hydrogen) atoms. The number of unbranched alkanes of at least 4 members (excludes halogenated alkanes) is 1. The number of methoxy groups -OCH3 is 1. The fourth-order valence-electron chi connectivity index (χ4n) is 5.06.